The van der Waals surface area contributed by atoms with Crippen LogP contribution in [0.5, 0.6) is 0 Å². The van der Waals surface area contributed by atoms with Gasteiger partial charge in [0.25, 0.3) is 0 Å². The number of hydrogen-bond donors (Lipinski definition) is 2. The van der Waals surface area contributed by atoms with Gasteiger partial charge < -0.3 is 10.6 Å². The molecule has 5 rings (SSSR count). The Morgan fingerprint density at radius 2 is 1.94 bits per heavy atom. The van der Waals surface area contributed by atoms with E-state index in [1.807, 2.05) is 18.2 Å². The van der Waals surface area contributed by atoms with Gasteiger partial charge in [-0.3, -0.25) is 14.7 Å². The van der Waals surface area contributed by atoms with Crippen LogP contribution < -0.4 is 10.6 Å². The molecule has 0 spiro atoms. The van der Waals surface area contributed by atoms with Crippen LogP contribution in [0.2, 0.25) is 0 Å². The Morgan fingerprint density at radius 1 is 1.09 bits per heavy atom. The highest BCUT2D eigenvalue weighted by molar-refractivity contribution is 6.12. The maximum Gasteiger partial charge on any atom is 0.237 e. The molecule has 5 nitrogen and oxygen atoms in total. The van der Waals surface area contributed by atoms with Gasteiger partial charge in [-0.1, -0.05) is 30.3 Å². The summed E-state index contributed by atoms with van der Waals surface area (Å²) in [5, 5.41) is 6.01. The number of aliphatic imine (C=N–C) groups is 1. The van der Waals surface area contributed by atoms with Gasteiger partial charge in [0.2, 0.25) is 5.91 Å². The van der Waals surface area contributed by atoms with Crippen LogP contribution in [0.25, 0.3) is 0 Å². The first-order valence-corrected chi connectivity index (χ1v) is 11.0. The van der Waals surface area contributed by atoms with Gasteiger partial charge in [0.15, 0.2) is 0 Å². The smallest absolute Gasteiger partial charge is 0.237 e. The molecule has 0 aromatic heterocycles. The number of nitrogens with one attached hydrogen (secondary N) is 2. The molecule has 2 atom stereocenters. The van der Waals surface area contributed by atoms with E-state index in [9.17, 15) is 13.6 Å². The number of amides is 1. The zero-order valence-corrected chi connectivity index (χ0v) is 18.0. The van der Waals surface area contributed by atoms with Crippen molar-refractivity contribution in [1.29, 1.82) is 0 Å². The third kappa shape index (κ3) is 4.78. The van der Waals surface area contributed by atoms with Gasteiger partial charge in [0, 0.05) is 43.6 Å². The molecule has 1 amide bonds. The van der Waals surface area contributed by atoms with Crippen LogP contribution in [0.3, 0.4) is 0 Å². The average molecular weight is 447 g/mol. The predicted molar refractivity (Wildman–Crippen MR) is 126 cm³/mol. The first-order valence-electron chi connectivity index (χ1n) is 11.0. The first kappa shape index (κ1) is 21.3. The number of carbonyl (C=O) groups is 1. The van der Waals surface area contributed by atoms with Gasteiger partial charge in [-0.25, -0.2) is 8.78 Å². The molecule has 2 heterocycles. The first-order chi connectivity index (χ1) is 16.0. The zero-order valence-electron chi connectivity index (χ0n) is 18.0. The van der Waals surface area contributed by atoms with Crippen molar-refractivity contribution in [2.24, 2.45) is 4.99 Å². The highest BCUT2D eigenvalue weighted by Crippen LogP contribution is 2.32. The van der Waals surface area contributed by atoms with Crippen molar-refractivity contribution in [2.45, 2.75) is 24.9 Å². The highest BCUT2D eigenvalue weighted by atomic mass is 19.1. The number of benzene rings is 3. The topological polar surface area (TPSA) is 56.7 Å². The van der Waals surface area contributed by atoms with Gasteiger partial charge in [-0.2, -0.15) is 0 Å². The average Bonchev–Trinajstić information content (AvgIpc) is 3.37. The molecule has 1 saturated heterocycles. The number of anilines is 2. The summed E-state index contributed by atoms with van der Waals surface area (Å²) in [5.74, 6) is -1.79. The van der Waals surface area contributed by atoms with Crippen molar-refractivity contribution < 1.29 is 13.6 Å². The number of carbonyl (C=O) groups excluding carboxylic acids is 1. The second-order valence-electron chi connectivity index (χ2n) is 8.49. The fraction of sp³-hybridized carbons (Fsp3) is 0.231. The Kier molecular flexibility index (Phi) is 5.88. The van der Waals surface area contributed by atoms with Crippen molar-refractivity contribution in [3.05, 3.63) is 89.5 Å². The van der Waals surface area contributed by atoms with Crippen LogP contribution in [0, 0.1) is 11.6 Å². The number of likely N-dealkylation sites (tertiary alicyclic amines) is 1. The minimum Gasteiger partial charge on any atom is -0.379 e. The van der Waals surface area contributed by atoms with Crippen molar-refractivity contribution in [2.75, 3.05) is 23.7 Å². The molecule has 2 aliphatic rings. The molecule has 7 heteroatoms. The van der Waals surface area contributed by atoms with Gasteiger partial charge in [-0.05, 0) is 47.9 Å². The summed E-state index contributed by atoms with van der Waals surface area (Å²) >= 11 is 0. The molecule has 0 aliphatic carbocycles. The van der Waals surface area contributed by atoms with Crippen molar-refractivity contribution in [1.82, 2.24) is 4.90 Å². The fourth-order valence-electron chi connectivity index (χ4n) is 4.42. The van der Waals surface area contributed by atoms with Crippen LogP contribution in [0.15, 0.2) is 71.7 Å². The number of halogens is 2. The number of nitrogens with zero attached hydrogens (tertiary/aromatic N) is 2. The normalized spacial score (nSPS) is 20.2. The third-order valence-corrected chi connectivity index (χ3v) is 6.10. The molecular formula is C26H24F2N4O. The van der Waals surface area contributed by atoms with E-state index in [2.05, 4.69) is 32.7 Å². The minimum absolute atomic E-state index is 0.172. The highest BCUT2D eigenvalue weighted by Gasteiger charge is 2.29. The lowest BCUT2D eigenvalue weighted by Gasteiger charge is -2.18. The molecule has 3 aromatic carbocycles. The Balaban J connectivity index is 1.22. The third-order valence-electron chi connectivity index (χ3n) is 6.10. The number of fused-ring (bicyclic) bond motifs is 1. The van der Waals surface area contributed by atoms with E-state index in [1.165, 1.54) is 36.0 Å². The van der Waals surface area contributed by atoms with Crippen molar-refractivity contribution >= 4 is 29.2 Å². The SMILES string of the molecule is O=C1Nc2ccc(F)cc2C1C=Nc1ccc(NC2CCN(Cc3ccccc3)C2)c(F)c1. The molecule has 0 bridgehead atoms. The summed E-state index contributed by atoms with van der Waals surface area (Å²) in [5.41, 5.74) is 3.21. The summed E-state index contributed by atoms with van der Waals surface area (Å²) in [6, 6.07) is 19.4. The summed E-state index contributed by atoms with van der Waals surface area (Å²) < 4.78 is 28.3. The molecule has 3 aromatic rings. The van der Waals surface area contributed by atoms with Crippen LogP contribution in [0.4, 0.5) is 25.8 Å². The number of rotatable bonds is 6. The molecule has 168 valence electrons. The summed E-state index contributed by atoms with van der Waals surface area (Å²) in [6.45, 7) is 2.69. The zero-order chi connectivity index (χ0) is 22.8. The Bertz CT molecular complexity index is 1200. The molecule has 33 heavy (non-hydrogen) atoms. The second-order valence-corrected chi connectivity index (χ2v) is 8.49. The van der Waals surface area contributed by atoms with Gasteiger partial charge in [-0.15, -0.1) is 0 Å². The molecule has 0 saturated carbocycles. The molecular weight excluding hydrogens is 422 g/mol. The maximum atomic E-state index is 14.7. The molecule has 2 unspecified atom stereocenters. The van der Waals surface area contributed by atoms with E-state index in [0.29, 0.717) is 22.6 Å². The lowest BCUT2D eigenvalue weighted by atomic mass is 10.0. The van der Waals surface area contributed by atoms with Crippen molar-refractivity contribution in [3.8, 4) is 0 Å². The lowest BCUT2D eigenvalue weighted by molar-refractivity contribution is -0.115. The molecule has 2 N–H and O–H groups in total. The van der Waals surface area contributed by atoms with Gasteiger partial charge in [0.05, 0.1) is 11.4 Å². The van der Waals surface area contributed by atoms with E-state index in [1.54, 1.807) is 12.1 Å². The Hall–Kier alpha value is -3.58. The standard InChI is InChI=1S/C26H24F2N4O/c27-18-6-8-24-21(12-18)22(26(33)31-24)14-29-19-7-9-25(23(28)13-19)30-20-10-11-32(16-20)15-17-4-2-1-3-5-17/h1-9,12-14,20,22,30H,10-11,15-16H2,(H,31,33). The van der Waals surface area contributed by atoms with E-state index in [-0.39, 0.29) is 11.9 Å². The van der Waals surface area contributed by atoms with E-state index < -0.39 is 17.6 Å². The van der Waals surface area contributed by atoms with Gasteiger partial charge >= 0.3 is 0 Å². The molecule has 2 aliphatic heterocycles. The van der Waals surface area contributed by atoms with Crippen LogP contribution in [0.1, 0.15) is 23.5 Å². The summed E-state index contributed by atoms with van der Waals surface area (Å²) in [4.78, 5) is 18.8. The Morgan fingerprint density at radius 3 is 2.76 bits per heavy atom. The van der Waals surface area contributed by atoms with E-state index >= 15 is 0 Å². The van der Waals surface area contributed by atoms with Crippen molar-refractivity contribution in [3.63, 3.8) is 0 Å². The maximum absolute atomic E-state index is 14.7. The Labute approximate surface area is 191 Å². The van der Waals surface area contributed by atoms with Crippen LogP contribution in [-0.2, 0) is 11.3 Å². The summed E-state index contributed by atoms with van der Waals surface area (Å²) in [7, 11) is 0. The minimum atomic E-state index is -0.703. The van der Waals surface area contributed by atoms with Crippen LogP contribution >= 0.6 is 0 Å². The monoisotopic (exact) mass is 446 g/mol. The van der Waals surface area contributed by atoms with Crippen LogP contribution in [-0.4, -0.2) is 36.2 Å². The number of hydrogen-bond acceptors (Lipinski definition) is 4. The fourth-order valence-corrected chi connectivity index (χ4v) is 4.42. The lowest BCUT2D eigenvalue weighted by Crippen LogP contribution is -2.26. The van der Waals surface area contributed by atoms with Gasteiger partial charge in [0.1, 0.15) is 17.6 Å². The van der Waals surface area contributed by atoms with E-state index in [4.69, 9.17) is 0 Å². The second kappa shape index (κ2) is 9.11. The largest absolute Gasteiger partial charge is 0.379 e. The molecule has 0 radical (unpaired) electrons. The van der Waals surface area contributed by atoms with E-state index in [0.717, 1.165) is 26.1 Å². The predicted octanol–water partition coefficient (Wildman–Crippen LogP) is 5.09. The summed E-state index contributed by atoms with van der Waals surface area (Å²) in [6.07, 6.45) is 2.37. The molecule has 1 fully saturated rings. The quantitative estimate of drug-likeness (QED) is 0.519.